The molecule has 0 saturated carbocycles. The van der Waals surface area contributed by atoms with Crippen molar-refractivity contribution in [3.05, 3.63) is 63.9 Å². The molecule has 0 spiro atoms. The lowest BCUT2D eigenvalue weighted by Gasteiger charge is -2.17. The summed E-state index contributed by atoms with van der Waals surface area (Å²) < 4.78 is 6.55. The summed E-state index contributed by atoms with van der Waals surface area (Å²) in [5.74, 6) is 0.658. The van der Waals surface area contributed by atoms with Gasteiger partial charge in [-0.1, -0.05) is 22.0 Å². The van der Waals surface area contributed by atoms with Crippen molar-refractivity contribution in [3.8, 4) is 5.75 Å². The number of ether oxygens (including phenoxy) is 1. The minimum absolute atomic E-state index is 0.133. The van der Waals surface area contributed by atoms with Gasteiger partial charge in [-0.05, 0) is 36.4 Å². The molecule has 21 heavy (non-hydrogen) atoms. The molecule has 1 aromatic carbocycles. The molecule has 0 bridgehead atoms. The van der Waals surface area contributed by atoms with Crippen molar-refractivity contribution in [2.45, 2.75) is 6.54 Å². The van der Waals surface area contributed by atoms with Gasteiger partial charge < -0.3 is 10.1 Å². The van der Waals surface area contributed by atoms with Crippen molar-refractivity contribution >= 4 is 27.9 Å². The highest BCUT2D eigenvalue weighted by molar-refractivity contribution is 9.10. The number of halogens is 1. The number of amides is 1. The Morgan fingerprint density at radius 3 is 3.05 bits per heavy atom. The number of nitrogens with zero attached hydrogens (tertiary/aromatic N) is 1. The molecule has 106 valence electrons. The lowest BCUT2D eigenvalue weighted by molar-refractivity contribution is -0.117. The zero-order valence-electron chi connectivity index (χ0n) is 11.2. The third kappa shape index (κ3) is 3.31. The Bertz CT molecular complexity index is 699. The van der Waals surface area contributed by atoms with E-state index in [-0.39, 0.29) is 12.5 Å². The molecule has 2 aromatic rings. The van der Waals surface area contributed by atoms with Crippen LogP contribution in [0.3, 0.4) is 0 Å². The van der Waals surface area contributed by atoms with Gasteiger partial charge in [0.15, 0.2) is 0 Å². The zero-order chi connectivity index (χ0) is 14.7. The lowest BCUT2D eigenvalue weighted by atomic mass is 10.1. The van der Waals surface area contributed by atoms with Crippen LogP contribution in [-0.4, -0.2) is 17.5 Å². The van der Waals surface area contributed by atoms with Crippen molar-refractivity contribution < 1.29 is 9.53 Å². The van der Waals surface area contributed by atoms with E-state index < -0.39 is 0 Å². The molecule has 3 rings (SSSR count). The summed E-state index contributed by atoms with van der Waals surface area (Å²) in [6.45, 7) is 0.686. The number of nitrogens with one attached hydrogen (secondary N) is 1. The Kier molecular flexibility index (Phi) is 4.01. The molecule has 5 heteroatoms. The minimum Gasteiger partial charge on any atom is -0.488 e. The van der Waals surface area contributed by atoms with Gasteiger partial charge in [-0.3, -0.25) is 9.78 Å². The summed E-state index contributed by atoms with van der Waals surface area (Å²) in [6.07, 6.45) is 3.57. The van der Waals surface area contributed by atoms with Crippen molar-refractivity contribution in [3.63, 3.8) is 0 Å². The molecule has 0 aliphatic carbocycles. The molecule has 1 aromatic heterocycles. The van der Waals surface area contributed by atoms with Crippen molar-refractivity contribution in [2.75, 3.05) is 6.61 Å². The van der Waals surface area contributed by atoms with E-state index in [0.29, 0.717) is 12.1 Å². The van der Waals surface area contributed by atoms with Gasteiger partial charge in [0, 0.05) is 16.2 Å². The van der Waals surface area contributed by atoms with E-state index in [1.165, 1.54) is 0 Å². The van der Waals surface area contributed by atoms with Gasteiger partial charge in [0.25, 0.3) is 5.91 Å². The minimum atomic E-state index is -0.133. The highest BCUT2D eigenvalue weighted by Crippen LogP contribution is 2.29. The molecule has 1 aliphatic heterocycles. The Balaban J connectivity index is 1.71. The normalized spacial score (nSPS) is 12.9. The van der Waals surface area contributed by atoms with Crippen LogP contribution in [0.15, 0.2) is 52.6 Å². The summed E-state index contributed by atoms with van der Waals surface area (Å²) >= 11 is 3.42. The summed E-state index contributed by atoms with van der Waals surface area (Å²) in [5.41, 5.74) is 2.33. The maximum absolute atomic E-state index is 12.2. The molecule has 1 aliphatic rings. The maximum Gasteiger partial charge on any atom is 0.251 e. The molecule has 4 nitrogen and oxygen atoms in total. The molecule has 1 amide bonds. The predicted octanol–water partition coefficient (Wildman–Crippen LogP) is 2.94. The predicted molar refractivity (Wildman–Crippen MR) is 83.7 cm³/mol. The SMILES string of the molecule is O=C(NCc1ccccn1)C1=Cc2cc(Br)ccc2OC1. The fourth-order valence-corrected chi connectivity index (χ4v) is 2.45. The largest absolute Gasteiger partial charge is 0.488 e. The smallest absolute Gasteiger partial charge is 0.251 e. The van der Waals surface area contributed by atoms with E-state index >= 15 is 0 Å². The van der Waals surface area contributed by atoms with Crippen molar-refractivity contribution in [2.24, 2.45) is 0 Å². The average Bonchev–Trinajstić information content (AvgIpc) is 2.53. The fourth-order valence-electron chi connectivity index (χ4n) is 2.07. The molecule has 0 unspecified atom stereocenters. The first kappa shape index (κ1) is 13.8. The van der Waals surface area contributed by atoms with E-state index in [1.807, 2.05) is 42.5 Å². The van der Waals surface area contributed by atoms with Crippen molar-refractivity contribution in [1.29, 1.82) is 0 Å². The van der Waals surface area contributed by atoms with Crippen molar-refractivity contribution in [1.82, 2.24) is 10.3 Å². The quantitative estimate of drug-likeness (QED) is 0.931. The van der Waals surface area contributed by atoms with Crippen LogP contribution in [0.5, 0.6) is 5.75 Å². The molecule has 0 saturated heterocycles. The highest BCUT2D eigenvalue weighted by Gasteiger charge is 2.17. The number of carbonyl (C=O) groups is 1. The number of hydrogen-bond acceptors (Lipinski definition) is 3. The summed E-state index contributed by atoms with van der Waals surface area (Å²) in [7, 11) is 0. The van der Waals surface area contributed by atoms with Gasteiger partial charge in [-0.25, -0.2) is 0 Å². The molecule has 0 radical (unpaired) electrons. The van der Waals surface area contributed by atoms with E-state index in [2.05, 4.69) is 26.2 Å². The number of carbonyl (C=O) groups excluding carboxylic acids is 1. The van der Waals surface area contributed by atoms with Gasteiger partial charge in [-0.2, -0.15) is 0 Å². The second-order valence-electron chi connectivity index (χ2n) is 4.64. The first-order valence-corrected chi connectivity index (χ1v) is 7.33. The van der Waals surface area contributed by atoms with Crippen LogP contribution in [0, 0.1) is 0 Å². The van der Waals surface area contributed by atoms with Gasteiger partial charge >= 0.3 is 0 Å². The van der Waals surface area contributed by atoms with Gasteiger partial charge in [0.2, 0.25) is 0 Å². The third-order valence-electron chi connectivity index (χ3n) is 3.13. The lowest BCUT2D eigenvalue weighted by Crippen LogP contribution is -2.28. The summed E-state index contributed by atoms with van der Waals surface area (Å²) in [6, 6.07) is 11.3. The molecule has 1 N–H and O–H groups in total. The van der Waals surface area contributed by atoms with Gasteiger partial charge in [0.1, 0.15) is 12.4 Å². The number of benzene rings is 1. The van der Waals surface area contributed by atoms with Crippen LogP contribution in [0.25, 0.3) is 6.08 Å². The van der Waals surface area contributed by atoms with Crippen LogP contribution in [0.1, 0.15) is 11.3 Å². The van der Waals surface area contributed by atoms with E-state index in [4.69, 9.17) is 4.74 Å². The van der Waals surface area contributed by atoms with E-state index in [0.717, 1.165) is 21.5 Å². The fraction of sp³-hybridized carbons (Fsp3) is 0.125. The monoisotopic (exact) mass is 344 g/mol. The topological polar surface area (TPSA) is 51.2 Å². The Morgan fingerprint density at radius 2 is 2.24 bits per heavy atom. The van der Waals surface area contributed by atoms with Crippen LogP contribution < -0.4 is 10.1 Å². The number of fused-ring (bicyclic) bond motifs is 1. The molecule has 0 atom stereocenters. The zero-order valence-corrected chi connectivity index (χ0v) is 12.8. The standard InChI is InChI=1S/C16H13BrN2O2/c17-13-4-5-15-11(8-13)7-12(10-21-15)16(20)19-9-14-3-1-2-6-18-14/h1-8H,9-10H2,(H,19,20). The highest BCUT2D eigenvalue weighted by atomic mass is 79.9. The average molecular weight is 345 g/mol. The third-order valence-corrected chi connectivity index (χ3v) is 3.63. The first-order chi connectivity index (χ1) is 10.2. The maximum atomic E-state index is 12.2. The number of pyridine rings is 1. The number of hydrogen-bond donors (Lipinski definition) is 1. The Morgan fingerprint density at radius 1 is 1.33 bits per heavy atom. The summed E-state index contributed by atoms with van der Waals surface area (Å²) in [5, 5.41) is 2.85. The van der Waals surface area contributed by atoms with Crippen LogP contribution in [0.4, 0.5) is 0 Å². The van der Waals surface area contributed by atoms with E-state index in [9.17, 15) is 4.79 Å². The van der Waals surface area contributed by atoms with Gasteiger partial charge in [-0.15, -0.1) is 0 Å². The molecule has 2 heterocycles. The van der Waals surface area contributed by atoms with Gasteiger partial charge in [0.05, 0.1) is 17.8 Å². The molecular formula is C16H13BrN2O2. The Hall–Kier alpha value is -2.14. The second kappa shape index (κ2) is 6.10. The van der Waals surface area contributed by atoms with E-state index in [1.54, 1.807) is 6.20 Å². The van der Waals surface area contributed by atoms with Crippen LogP contribution in [0.2, 0.25) is 0 Å². The first-order valence-electron chi connectivity index (χ1n) is 6.53. The molecule has 0 fully saturated rings. The molecular weight excluding hydrogens is 332 g/mol. The Labute approximate surface area is 131 Å². The van der Waals surface area contributed by atoms with Crippen LogP contribution >= 0.6 is 15.9 Å². The summed E-state index contributed by atoms with van der Waals surface area (Å²) in [4.78, 5) is 16.3. The second-order valence-corrected chi connectivity index (χ2v) is 5.56. The van der Waals surface area contributed by atoms with Crippen LogP contribution in [-0.2, 0) is 11.3 Å². The number of aromatic nitrogens is 1. The number of rotatable bonds is 3.